The van der Waals surface area contributed by atoms with Crippen molar-refractivity contribution in [1.82, 2.24) is 4.98 Å². The Morgan fingerprint density at radius 3 is 2.58 bits per heavy atom. The monoisotopic (exact) mass is 395 g/mol. The number of pyridine rings is 1. The van der Waals surface area contributed by atoms with Gasteiger partial charge in [-0.3, -0.25) is 4.98 Å². The summed E-state index contributed by atoms with van der Waals surface area (Å²) in [7, 11) is 0. The molecular formula is C15H11Br2NS. The molecular weight excluding hydrogens is 386 g/mol. The summed E-state index contributed by atoms with van der Waals surface area (Å²) >= 11 is 8.89. The SMILES string of the molecule is Cc1cc(C)c2scc(-c3ccc(Br)cc3Br)c2n1. The quantitative estimate of drug-likeness (QED) is 0.483. The van der Waals surface area contributed by atoms with Gasteiger partial charge >= 0.3 is 0 Å². The third-order valence-electron chi connectivity index (χ3n) is 3.06. The van der Waals surface area contributed by atoms with Crippen molar-refractivity contribution in [2.75, 3.05) is 0 Å². The molecule has 3 aromatic rings. The predicted octanol–water partition coefficient (Wildman–Crippen LogP) is 6.11. The lowest BCUT2D eigenvalue weighted by Crippen LogP contribution is -1.86. The molecule has 0 N–H and O–H groups in total. The van der Waals surface area contributed by atoms with E-state index < -0.39 is 0 Å². The number of fused-ring (bicyclic) bond motifs is 1. The van der Waals surface area contributed by atoms with Crippen molar-refractivity contribution in [2.24, 2.45) is 0 Å². The maximum atomic E-state index is 4.71. The van der Waals surface area contributed by atoms with Gasteiger partial charge in [0.05, 0.1) is 10.2 Å². The van der Waals surface area contributed by atoms with E-state index in [4.69, 9.17) is 4.98 Å². The average molecular weight is 397 g/mol. The number of aromatic nitrogens is 1. The minimum atomic E-state index is 1.07. The Bertz CT molecular complexity index is 777. The zero-order valence-electron chi connectivity index (χ0n) is 10.5. The van der Waals surface area contributed by atoms with E-state index in [9.17, 15) is 0 Å². The summed E-state index contributed by atoms with van der Waals surface area (Å²) in [5, 5.41) is 2.19. The highest BCUT2D eigenvalue weighted by atomic mass is 79.9. The molecule has 0 radical (unpaired) electrons. The van der Waals surface area contributed by atoms with Gasteiger partial charge in [0.2, 0.25) is 0 Å². The molecule has 0 saturated heterocycles. The minimum Gasteiger partial charge on any atom is -0.252 e. The standard InChI is InChI=1S/C15H11Br2NS/c1-8-5-9(2)18-14-12(7-19-15(8)14)11-4-3-10(16)6-13(11)17/h3-7H,1-2H3. The second-order valence-electron chi connectivity index (χ2n) is 4.53. The van der Waals surface area contributed by atoms with Crippen LogP contribution in [0.5, 0.6) is 0 Å². The molecule has 0 bridgehead atoms. The lowest BCUT2D eigenvalue weighted by molar-refractivity contribution is 1.24. The number of halogens is 2. The van der Waals surface area contributed by atoms with Crippen LogP contribution >= 0.6 is 43.2 Å². The molecule has 2 aromatic heterocycles. The first-order valence-corrected chi connectivity index (χ1v) is 8.33. The lowest BCUT2D eigenvalue weighted by atomic mass is 10.1. The first kappa shape index (κ1) is 13.3. The van der Waals surface area contributed by atoms with Crippen LogP contribution in [0.3, 0.4) is 0 Å². The Kier molecular flexibility index (Phi) is 3.50. The van der Waals surface area contributed by atoms with Crippen LogP contribution in [0.1, 0.15) is 11.3 Å². The van der Waals surface area contributed by atoms with Gasteiger partial charge in [-0.25, -0.2) is 0 Å². The number of aryl methyl sites for hydroxylation is 2. The Morgan fingerprint density at radius 2 is 1.84 bits per heavy atom. The molecule has 0 atom stereocenters. The van der Waals surface area contributed by atoms with E-state index in [2.05, 4.69) is 68.4 Å². The van der Waals surface area contributed by atoms with Crippen LogP contribution < -0.4 is 0 Å². The molecule has 0 aliphatic carbocycles. The zero-order chi connectivity index (χ0) is 13.6. The fourth-order valence-corrected chi connectivity index (χ4v) is 4.48. The summed E-state index contributed by atoms with van der Waals surface area (Å²) in [6.45, 7) is 4.19. The first-order chi connectivity index (χ1) is 9.06. The lowest BCUT2D eigenvalue weighted by Gasteiger charge is -2.05. The summed E-state index contributed by atoms with van der Waals surface area (Å²) < 4.78 is 3.43. The van der Waals surface area contributed by atoms with Crippen molar-refractivity contribution in [3.63, 3.8) is 0 Å². The van der Waals surface area contributed by atoms with Crippen LogP contribution in [0.25, 0.3) is 21.3 Å². The van der Waals surface area contributed by atoms with Gasteiger partial charge in [-0.05, 0) is 43.2 Å². The van der Waals surface area contributed by atoms with Crippen LogP contribution in [0.4, 0.5) is 0 Å². The average Bonchev–Trinajstić information content (AvgIpc) is 2.73. The second kappa shape index (κ2) is 5.00. The maximum Gasteiger partial charge on any atom is 0.0894 e. The molecule has 0 spiro atoms. The number of thiophene rings is 1. The Morgan fingerprint density at radius 1 is 1.05 bits per heavy atom. The molecule has 0 unspecified atom stereocenters. The van der Waals surface area contributed by atoms with Crippen molar-refractivity contribution in [3.05, 3.63) is 49.8 Å². The van der Waals surface area contributed by atoms with Gasteiger partial charge in [-0.15, -0.1) is 11.3 Å². The van der Waals surface area contributed by atoms with Crippen molar-refractivity contribution >= 4 is 53.4 Å². The second-order valence-corrected chi connectivity index (χ2v) is 7.18. The molecule has 0 aliphatic rings. The van der Waals surface area contributed by atoms with E-state index >= 15 is 0 Å². The Balaban J connectivity index is 2.31. The first-order valence-electron chi connectivity index (χ1n) is 5.87. The third kappa shape index (κ3) is 2.37. The summed E-state index contributed by atoms with van der Waals surface area (Å²) in [4.78, 5) is 4.71. The highest BCUT2D eigenvalue weighted by Gasteiger charge is 2.12. The molecule has 0 aliphatic heterocycles. The van der Waals surface area contributed by atoms with Gasteiger partial charge < -0.3 is 0 Å². The van der Waals surface area contributed by atoms with Crippen LogP contribution in [0.2, 0.25) is 0 Å². The predicted molar refractivity (Wildman–Crippen MR) is 89.9 cm³/mol. The molecule has 3 rings (SSSR count). The highest BCUT2D eigenvalue weighted by molar-refractivity contribution is 9.11. The summed E-state index contributed by atoms with van der Waals surface area (Å²) in [6.07, 6.45) is 0. The molecule has 0 fully saturated rings. The van der Waals surface area contributed by atoms with E-state index in [1.807, 2.05) is 6.92 Å². The topological polar surface area (TPSA) is 12.9 Å². The fraction of sp³-hybridized carbons (Fsp3) is 0.133. The van der Waals surface area contributed by atoms with Crippen molar-refractivity contribution in [3.8, 4) is 11.1 Å². The Hall–Kier alpha value is -0.710. The molecule has 4 heteroatoms. The van der Waals surface area contributed by atoms with Gasteiger partial charge in [-0.2, -0.15) is 0 Å². The van der Waals surface area contributed by atoms with Gasteiger partial charge in [0.25, 0.3) is 0 Å². The van der Waals surface area contributed by atoms with Crippen LogP contribution in [0.15, 0.2) is 38.6 Å². The maximum absolute atomic E-state index is 4.71. The van der Waals surface area contributed by atoms with Crippen LogP contribution in [-0.4, -0.2) is 4.98 Å². The number of benzene rings is 1. The van der Waals surface area contributed by atoms with Gasteiger partial charge in [0, 0.05) is 25.6 Å². The van der Waals surface area contributed by atoms with Crippen LogP contribution in [0, 0.1) is 13.8 Å². The highest BCUT2D eigenvalue weighted by Crippen LogP contribution is 2.38. The number of hydrogen-bond donors (Lipinski definition) is 0. The molecule has 1 nitrogen and oxygen atoms in total. The number of nitrogens with zero attached hydrogens (tertiary/aromatic N) is 1. The third-order valence-corrected chi connectivity index (χ3v) is 5.31. The van der Waals surface area contributed by atoms with Crippen molar-refractivity contribution in [2.45, 2.75) is 13.8 Å². The zero-order valence-corrected chi connectivity index (χ0v) is 14.5. The smallest absolute Gasteiger partial charge is 0.0894 e. The van der Waals surface area contributed by atoms with E-state index in [0.29, 0.717) is 0 Å². The molecule has 96 valence electrons. The molecule has 0 saturated carbocycles. The Labute approximate surface area is 132 Å². The normalized spacial score (nSPS) is 11.2. The fourth-order valence-electron chi connectivity index (χ4n) is 2.23. The van der Waals surface area contributed by atoms with Crippen molar-refractivity contribution < 1.29 is 0 Å². The van der Waals surface area contributed by atoms with Gasteiger partial charge in [0.15, 0.2) is 0 Å². The van der Waals surface area contributed by atoms with Crippen LogP contribution in [-0.2, 0) is 0 Å². The van der Waals surface area contributed by atoms with E-state index in [1.54, 1.807) is 11.3 Å². The summed E-state index contributed by atoms with van der Waals surface area (Å²) in [6, 6.07) is 8.39. The molecule has 2 heterocycles. The van der Waals surface area contributed by atoms with Gasteiger partial charge in [-0.1, -0.05) is 37.9 Å². The molecule has 0 amide bonds. The molecule has 19 heavy (non-hydrogen) atoms. The number of rotatable bonds is 1. The summed E-state index contributed by atoms with van der Waals surface area (Å²) in [5.41, 5.74) is 5.86. The van der Waals surface area contributed by atoms with Gasteiger partial charge in [0.1, 0.15) is 0 Å². The summed E-state index contributed by atoms with van der Waals surface area (Å²) in [5.74, 6) is 0. The van der Waals surface area contributed by atoms with Crippen molar-refractivity contribution in [1.29, 1.82) is 0 Å². The van der Waals surface area contributed by atoms with E-state index in [-0.39, 0.29) is 0 Å². The molecule has 1 aromatic carbocycles. The number of hydrogen-bond acceptors (Lipinski definition) is 2. The van der Waals surface area contributed by atoms with E-state index in [1.165, 1.54) is 21.4 Å². The largest absolute Gasteiger partial charge is 0.252 e. The minimum absolute atomic E-state index is 1.07. The van der Waals surface area contributed by atoms with E-state index in [0.717, 1.165) is 20.2 Å².